The van der Waals surface area contributed by atoms with Crippen molar-refractivity contribution < 1.29 is 9.84 Å². The van der Waals surface area contributed by atoms with Crippen molar-refractivity contribution in [3.8, 4) is 0 Å². The lowest BCUT2D eigenvalue weighted by molar-refractivity contribution is -0.0417. The van der Waals surface area contributed by atoms with Gasteiger partial charge in [0.15, 0.2) is 0 Å². The van der Waals surface area contributed by atoms with Crippen LogP contribution >= 0.6 is 0 Å². The second kappa shape index (κ2) is 3.09. The zero-order valence-corrected chi connectivity index (χ0v) is 7.50. The molecule has 0 unspecified atom stereocenters. The van der Waals surface area contributed by atoms with Crippen LogP contribution in [0.2, 0.25) is 0 Å². The molecule has 1 saturated heterocycles. The van der Waals surface area contributed by atoms with Gasteiger partial charge in [-0.25, -0.2) is 0 Å². The van der Waals surface area contributed by atoms with Crippen LogP contribution in [-0.4, -0.2) is 42.0 Å². The van der Waals surface area contributed by atoms with Gasteiger partial charge in [-0.3, -0.25) is 4.90 Å². The molecular weight excluding hydrogens is 142 g/mol. The molecule has 0 aromatic heterocycles. The Morgan fingerprint density at radius 1 is 1.64 bits per heavy atom. The molecule has 0 aliphatic carbocycles. The van der Waals surface area contributed by atoms with Gasteiger partial charge in [0.2, 0.25) is 0 Å². The van der Waals surface area contributed by atoms with Crippen LogP contribution < -0.4 is 0 Å². The van der Waals surface area contributed by atoms with Crippen molar-refractivity contribution in [2.75, 3.05) is 20.3 Å². The van der Waals surface area contributed by atoms with Crippen LogP contribution in [0.5, 0.6) is 0 Å². The van der Waals surface area contributed by atoms with Gasteiger partial charge >= 0.3 is 0 Å². The van der Waals surface area contributed by atoms with Gasteiger partial charge in [-0.1, -0.05) is 0 Å². The van der Waals surface area contributed by atoms with Crippen molar-refractivity contribution in [2.45, 2.75) is 32.0 Å². The second-order valence-corrected chi connectivity index (χ2v) is 3.53. The number of ether oxygens (including phenoxy) is 1. The summed E-state index contributed by atoms with van der Waals surface area (Å²) in [6.45, 7) is 5.08. The molecule has 0 aromatic rings. The number of nitrogens with zero attached hydrogens (tertiary/aromatic N) is 1. The van der Waals surface area contributed by atoms with Crippen molar-refractivity contribution in [1.82, 2.24) is 4.90 Å². The van der Waals surface area contributed by atoms with E-state index < -0.39 is 0 Å². The zero-order chi connectivity index (χ0) is 8.48. The molecule has 0 spiro atoms. The van der Waals surface area contributed by atoms with Gasteiger partial charge in [-0.15, -0.1) is 0 Å². The van der Waals surface area contributed by atoms with Crippen LogP contribution in [0.25, 0.3) is 0 Å². The fourth-order valence-corrected chi connectivity index (χ4v) is 1.38. The maximum absolute atomic E-state index is 8.73. The van der Waals surface area contributed by atoms with Crippen LogP contribution in [0.3, 0.4) is 0 Å². The van der Waals surface area contributed by atoms with E-state index in [0.29, 0.717) is 6.04 Å². The lowest BCUT2D eigenvalue weighted by Crippen LogP contribution is -2.40. The first kappa shape index (κ1) is 8.97. The van der Waals surface area contributed by atoms with Crippen LogP contribution in [-0.2, 0) is 4.74 Å². The molecule has 11 heavy (non-hydrogen) atoms. The van der Waals surface area contributed by atoms with Crippen molar-refractivity contribution >= 4 is 0 Å². The minimum absolute atomic E-state index is 0.153. The summed E-state index contributed by atoms with van der Waals surface area (Å²) in [5.74, 6) is 0. The molecule has 1 N–H and O–H groups in total. The maximum atomic E-state index is 8.73. The quantitative estimate of drug-likeness (QED) is 0.634. The normalized spacial score (nSPS) is 31.1. The highest BCUT2D eigenvalue weighted by molar-refractivity contribution is 4.83. The van der Waals surface area contributed by atoms with Crippen molar-refractivity contribution in [3.63, 3.8) is 0 Å². The van der Waals surface area contributed by atoms with Gasteiger partial charge in [0.1, 0.15) is 5.72 Å². The van der Waals surface area contributed by atoms with E-state index in [1.165, 1.54) is 0 Å². The Balaban J connectivity index is 2.49. The Morgan fingerprint density at radius 2 is 2.27 bits per heavy atom. The highest BCUT2D eigenvalue weighted by Gasteiger charge is 2.36. The molecule has 0 aromatic carbocycles. The molecule has 0 saturated carbocycles. The lowest BCUT2D eigenvalue weighted by atomic mass is 10.2. The lowest BCUT2D eigenvalue weighted by Gasteiger charge is -2.29. The summed E-state index contributed by atoms with van der Waals surface area (Å²) in [6.07, 6.45) is 0.805. The van der Waals surface area contributed by atoms with Crippen LogP contribution in [0.1, 0.15) is 20.3 Å². The summed E-state index contributed by atoms with van der Waals surface area (Å²) in [5, 5.41) is 8.73. The molecule has 1 rings (SSSR count). The van der Waals surface area contributed by atoms with E-state index in [9.17, 15) is 0 Å². The standard InChI is InChI=1S/C8H17NO2/c1-8(2)9(3)7(4-5-10)6-11-8/h7,10H,4-6H2,1-3H3/t7-/m0/s1. The molecule has 66 valence electrons. The van der Waals surface area contributed by atoms with E-state index in [1.54, 1.807) is 0 Å². The van der Waals surface area contributed by atoms with Gasteiger partial charge in [0.05, 0.1) is 6.61 Å². The molecular formula is C8H17NO2. The fraction of sp³-hybridized carbons (Fsp3) is 1.00. The van der Waals surface area contributed by atoms with Crippen LogP contribution in [0, 0.1) is 0 Å². The van der Waals surface area contributed by atoms with E-state index >= 15 is 0 Å². The first-order valence-corrected chi connectivity index (χ1v) is 4.05. The molecule has 1 fully saturated rings. The summed E-state index contributed by atoms with van der Waals surface area (Å²) < 4.78 is 5.53. The number of likely N-dealkylation sites (N-methyl/N-ethyl adjacent to an activating group) is 1. The minimum atomic E-state index is -0.153. The Labute approximate surface area is 68.0 Å². The third-order valence-electron chi connectivity index (χ3n) is 2.49. The molecule has 1 aliphatic rings. The fourth-order valence-electron chi connectivity index (χ4n) is 1.38. The van der Waals surface area contributed by atoms with E-state index in [2.05, 4.69) is 4.90 Å². The number of rotatable bonds is 2. The molecule has 3 heteroatoms. The Bertz CT molecular complexity index is 136. The first-order valence-electron chi connectivity index (χ1n) is 4.05. The molecule has 1 aliphatic heterocycles. The van der Waals surface area contributed by atoms with Crippen LogP contribution in [0.15, 0.2) is 0 Å². The number of hydrogen-bond acceptors (Lipinski definition) is 3. The Hall–Kier alpha value is -0.120. The third kappa shape index (κ3) is 1.72. The average Bonchev–Trinajstić information content (AvgIpc) is 2.17. The maximum Gasteiger partial charge on any atom is 0.116 e. The molecule has 0 radical (unpaired) electrons. The smallest absolute Gasteiger partial charge is 0.116 e. The second-order valence-electron chi connectivity index (χ2n) is 3.53. The predicted octanol–water partition coefficient (Wildman–Crippen LogP) is 0.435. The molecule has 3 nitrogen and oxygen atoms in total. The van der Waals surface area contributed by atoms with E-state index in [-0.39, 0.29) is 12.3 Å². The van der Waals surface area contributed by atoms with E-state index in [1.807, 2.05) is 20.9 Å². The largest absolute Gasteiger partial charge is 0.396 e. The Morgan fingerprint density at radius 3 is 2.64 bits per heavy atom. The zero-order valence-electron chi connectivity index (χ0n) is 7.50. The number of hydrogen-bond donors (Lipinski definition) is 1. The summed E-state index contributed by atoms with van der Waals surface area (Å²) in [4.78, 5) is 2.17. The Kier molecular flexibility index (Phi) is 2.52. The first-order chi connectivity index (χ1) is 5.08. The molecule has 0 amide bonds. The van der Waals surface area contributed by atoms with E-state index in [4.69, 9.17) is 9.84 Å². The minimum Gasteiger partial charge on any atom is -0.396 e. The summed E-state index contributed by atoms with van der Waals surface area (Å²) in [6, 6.07) is 0.384. The van der Waals surface area contributed by atoms with E-state index in [0.717, 1.165) is 13.0 Å². The van der Waals surface area contributed by atoms with Crippen molar-refractivity contribution in [2.24, 2.45) is 0 Å². The molecule has 0 bridgehead atoms. The van der Waals surface area contributed by atoms with Gasteiger partial charge in [-0.05, 0) is 27.3 Å². The number of aliphatic hydroxyl groups excluding tert-OH is 1. The van der Waals surface area contributed by atoms with Gasteiger partial charge in [0, 0.05) is 12.6 Å². The molecule has 1 atom stereocenters. The monoisotopic (exact) mass is 159 g/mol. The summed E-state index contributed by atoms with van der Waals surface area (Å²) >= 11 is 0. The average molecular weight is 159 g/mol. The van der Waals surface area contributed by atoms with Gasteiger partial charge in [0.25, 0.3) is 0 Å². The SMILES string of the molecule is CN1[C@@H](CCO)COC1(C)C. The van der Waals surface area contributed by atoms with Gasteiger partial charge < -0.3 is 9.84 Å². The van der Waals surface area contributed by atoms with Crippen molar-refractivity contribution in [1.29, 1.82) is 0 Å². The predicted molar refractivity (Wildman–Crippen MR) is 43.3 cm³/mol. The third-order valence-corrected chi connectivity index (χ3v) is 2.49. The summed E-state index contributed by atoms with van der Waals surface area (Å²) in [7, 11) is 2.04. The highest BCUT2D eigenvalue weighted by atomic mass is 16.5. The van der Waals surface area contributed by atoms with Crippen LogP contribution in [0.4, 0.5) is 0 Å². The topological polar surface area (TPSA) is 32.7 Å². The number of aliphatic hydroxyl groups is 1. The van der Waals surface area contributed by atoms with Crippen molar-refractivity contribution in [3.05, 3.63) is 0 Å². The molecule has 1 heterocycles. The highest BCUT2D eigenvalue weighted by Crippen LogP contribution is 2.26. The van der Waals surface area contributed by atoms with Gasteiger partial charge in [-0.2, -0.15) is 0 Å². The summed E-state index contributed by atoms with van der Waals surface area (Å²) in [5.41, 5.74) is -0.153.